The SMILES string of the molecule is N#Cc1cccc(NC(=O)N2CCO[C@H](c3ccc(F)c(Cl)c3)C2)c1. The van der Waals surface area contributed by atoms with Crippen LogP contribution >= 0.6 is 11.6 Å². The van der Waals surface area contributed by atoms with E-state index in [9.17, 15) is 9.18 Å². The fourth-order valence-corrected chi connectivity index (χ4v) is 2.81. The number of carbonyl (C=O) groups is 1. The number of carbonyl (C=O) groups excluding carboxylic acids is 1. The third-order valence-electron chi connectivity index (χ3n) is 3.91. The Labute approximate surface area is 149 Å². The highest BCUT2D eigenvalue weighted by Gasteiger charge is 2.26. The molecule has 0 unspecified atom stereocenters. The van der Waals surface area contributed by atoms with Crippen LogP contribution in [0.25, 0.3) is 0 Å². The zero-order chi connectivity index (χ0) is 17.8. The maximum absolute atomic E-state index is 13.3. The molecule has 0 saturated carbocycles. The maximum Gasteiger partial charge on any atom is 0.322 e. The van der Waals surface area contributed by atoms with Crippen molar-refractivity contribution in [3.05, 3.63) is 64.4 Å². The van der Waals surface area contributed by atoms with Gasteiger partial charge in [0.15, 0.2) is 0 Å². The third kappa shape index (κ3) is 4.08. The molecule has 0 aliphatic carbocycles. The lowest BCUT2D eigenvalue weighted by Crippen LogP contribution is -2.44. The van der Waals surface area contributed by atoms with Crippen LogP contribution in [0, 0.1) is 17.1 Å². The standard InChI is InChI=1S/C18H15ClFN3O2/c19-15-9-13(4-5-16(15)20)17-11-23(6-7-25-17)18(24)22-14-3-1-2-12(8-14)10-21/h1-5,8-9,17H,6-7,11H2,(H,22,24)/t17-/m0/s1. The van der Waals surface area contributed by atoms with Gasteiger partial charge < -0.3 is 15.0 Å². The first kappa shape index (κ1) is 17.2. The number of anilines is 1. The molecule has 1 aliphatic heterocycles. The molecule has 2 aromatic carbocycles. The molecular weight excluding hydrogens is 345 g/mol. The quantitative estimate of drug-likeness (QED) is 0.882. The van der Waals surface area contributed by atoms with E-state index in [1.807, 2.05) is 6.07 Å². The number of hydrogen-bond acceptors (Lipinski definition) is 3. The van der Waals surface area contributed by atoms with Crippen LogP contribution in [0.4, 0.5) is 14.9 Å². The Balaban J connectivity index is 1.69. The molecule has 1 heterocycles. The van der Waals surface area contributed by atoms with Crippen molar-refractivity contribution in [1.82, 2.24) is 4.90 Å². The minimum atomic E-state index is -0.492. The van der Waals surface area contributed by atoms with Gasteiger partial charge in [0.1, 0.15) is 11.9 Å². The van der Waals surface area contributed by atoms with Crippen molar-refractivity contribution in [2.24, 2.45) is 0 Å². The summed E-state index contributed by atoms with van der Waals surface area (Å²) in [4.78, 5) is 14.1. The number of urea groups is 1. The van der Waals surface area contributed by atoms with E-state index in [-0.39, 0.29) is 17.2 Å². The van der Waals surface area contributed by atoms with E-state index in [1.54, 1.807) is 35.2 Å². The monoisotopic (exact) mass is 359 g/mol. The minimum Gasteiger partial charge on any atom is -0.370 e. The number of amides is 2. The number of ether oxygens (including phenoxy) is 1. The Morgan fingerprint density at radius 2 is 2.20 bits per heavy atom. The smallest absolute Gasteiger partial charge is 0.322 e. The fraction of sp³-hybridized carbons (Fsp3) is 0.222. The summed E-state index contributed by atoms with van der Waals surface area (Å²) in [6.07, 6.45) is -0.372. The van der Waals surface area contributed by atoms with Gasteiger partial charge in [-0.05, 0) is 35.9 Å². The Hall–Kier alpha value is -2.62. The Morgan fingerprint density at radius 3 is 2.96 bits per heavy atom. The molecule has 0 spiro atoms. The molecule has 2 aromatic rings. The van der Waals surface area contributed by atoms with E-state index in [4.69, 9.17) is 21.6 Å². The molecule has 5 nitrogen and oxygen atoms in total. The van der Waals surface area contributed by atoms with E-state index in [0.29, 0.717) is 30.9 Å². The van der Waals surface area contributed by atoms with Crippen molar-refractivity contribution in [3.8, 4) is 6.07 Å². The summed E-state index contributed by atoms with van der Waals surface area (Å²) in [5, 5.41) is 11.7. The summed E-state index contributed by atoms with van der Waals surface area (Å²) >= 11 is 5.82. The van der Waals surface area contributed by atoms with Crippen molar-refractivity contribution < 1.29 is 13.9 Å². The number of nitrogens with one attached hydrogen (secondary N) is 1. The summed E-state index contributed by atoms with van der Waals surface area (Å²) < 4.78 is 19.0. The van der Waals surface area contributed by atoms with E-state index < -0.39 is 5.82 Å². The van der Waals surface area contributed by atoms with Gasteiger partial charge in [-0.2, -0.15) is 5.26 Å². The fourth-order valence-electron chi connectivity index (χ4n) is 2.62. The summed E-state index contributed by atoms with van der Waals surface area (Å²) in [6.45, 7) is 1.13. The van der Waals surface area contributed by atoms with Crippen LogP contribution in [0.5, 0.6) is 0 Å². The van der Waals surface area contributed by atoms with Gasteiger partial charge in [0, 0.05) is 12.2 Å². The molecule has 0 radical (unpaired) electrons. The van der Waals surface area contributed by atoms with Crippen LogP contribution in [-0.2, 0) is 4.74 Å². The first-order valence-corrected chi connectivity index (χ1v) is 8.07. The van der Waals surface area contributed by atoms with Crippen LogP contribution < -0.4 is 5.32 Å². The second-order valence-electron chi connectivity index (χ2n) is 5.60. The first-order chi connectivity index (χ1) is 12.1. The summed E-state index contributed by atoms with van der Waals surface area (Å²) in [5.41, 5.74) is 1.74. The molecule has 2 amide bonds. The summed E-state index contributed by atoms with van der Waals surface area (Å²) in [5.74, 6) is -0.492. The number of hydrogen-bond donors (Lipinski definition) is 1. The highest BCUT2D eigenvalue weighted by atomic mass is 35.5. The topological polar surface area (TPSA) is 65.4 Å². The molecule has 1 aliphatic rings. The molecular formula is C18H15ClFN3O2. The van der Waals surface area contributed by atoms with Gasteiger partial charge in [0.05, 0.1) is 29.8 Å². The van der Waals surface area contributed by atoms with Gasteiger partial charge in [-0.1, -0.05) is 23.7 Å². The van der Waals surface area contributed by atoms with Crippen molar-refractivity contribution in [2.75, 3.05) is 25.0 Å². The van der Waals surface area contributed by atoms with Gasteiger partial charge in [0.2, 0.25) is 0 Å². The van der Waals surface area contributed by atoms with Gasteiger partial charge in [-0.15, -0.1) is 0 Å². The molecule has 7 heteroatoms. The Kier molecular flexibility index (Phi) is 5.17. The first-order valence-electron chi connectivity index (χ1n) is 7.69. The van der Waals surface area contributed by atoms with E-state index in [0.717, 1.165) is 5.56 Å². The number of nitriles is 1. The lowest BCUT2D eigenvalue weighted by molar-refractivity contribution is -0.0135. The van der Waals surface area contributed by atoms with Crippen molar-refractivity contribution in [3.63, 3.8) is 0 Å². The number of morpholine rings is 1. The van der Waals surface area contributed by atoms with E-state index in [1.165, 1.54) is 12.1 Å². The molecule has 1 saturated heterocycles. The van der Waals surface area contributed by atoms with E-state index >= 15 is 0 Å². The molecule has 1 fully saturated rings. The second-order valence-corrected chi connectivity index (χ2v) is 6.01. The predicted octanol–water partition coefficient (Wildman–Crippen LogP) is 3.96. The molecule has 0 aromatic heterocycles. The highest BCUT2D eigenvalue weighted by molar-refractivity contribution is 6.30. The number of rotatable bonds is 2. The van der Waals surface area contributed by atoms with Gasteiger partial charge in [-0.25, -0.2) is 9.18 Å². The summed E-state index contributed by atoms with van der Waals surface area (Å²) in [6, 6.07) is 12.8. The number of benzene rings is 2. The average molecular weight is 360 g/mol. The molecule has 0 bridgehead atoms. The third-order valence-corrected chi connectivity index (χ3v) is 4.20. The van der Waals surface area contributed by atoms with Crippen LogP contribution in [0.1, 0.15) is 17.2 Å². The molecule has 3 rings (SSSR count). The zero-order valence-electron chi connectivity index (χ0n) is 13.2. The lowest BCUT2D eigenvalue weighted by Gasteiger charge is -2.33. The zero-order valence-corrected chi connectivity index (χ0v) is 14.0. The largest absolute Gasteiger partial charge is 0.370 e. The maximum atomic E-state index is 13.3. The normalized spacial score (nSPS) is 17.0. The lowest BCUT2D eigenvalue weighted by atomic mass is 10.1. The Morgan fingerprint density at radius 1 is 1.36 bits per heavy atom. The van der Waals surface area contributed by atoms with Gasteiger partial charge in [-0.3, -0.25) is 0 Å². The predicted molar refractivity (Wildman–Crippen MR) is 91.9 cm³/mol. The van der Waals surface area contributed by atoms with Crippen LogP contribution in [0.3, 0.4) is 0 Å². The van der Waals surface area contributed by atoms with Crippen LogP contribution in [0.2, 0.25) is 5.02 Å². The van der Waals surface area contributed by atoms with Crippen LogP contribution in [-0.4, -0.2) is 30.6 Å². The summed E-state index contributed by atoms with van der Waals surface area (Å²) in [7, 11) is 0. The van der Waals surface area contributed by atoms with Crippen molar-refractivity contribution >= 4 is 23.3 Å². The number of halogens is 2. The minimum absolute atomic E-state index is 0.0241. The molecule has 128 valence electrons. The van der Waals surface area contributed by atoms with Crippen LogP contribution in [0.15, 0.2) is 42.5 Å². The molecule has 1 atom stereocenters. The second kappa shape index (κ2) is 7.51. The van der Waals surface area contributed by atoms with Gasteiger partial charge >= 0.3 is 6.03 Å². The van der Waals surface area contributed by atoms with E-state index in [2.05, 4.69) is 5.32 Å². The van der Waals surface area contributed by atoms with Gasteiger partial charge in [0.25, 0.3) is 0 Å². The Bertz CT molecular complexity index is 837. The average Bonchev–Trinajstić information content (AvgIpc) is 2.64. The van der Waals surface area contributed by atoms with Crippen molar-refractivity contribution in [2.45, 2.75) is 6.10 Å². The molecule has 25 heavy (non-hydrogen) atoms. The highest BCUT2D eigenvalue weighted by Crippen LogP contribution is 2.26. The molecule has 1 N–H and O–H groups in total. The number of nitrogens with zero attached hydrogens (tertiary/aromatic N) is 2. The van der Waals surface area contributed by atoms with Crippen molar-refractivity contribution in [1.29, 1.82) is 5.26 Å².